The molecular weight excluding hydrogens is 284 g/mol. The Kier molecular flexibility index (Phi) is 6.84. The lowest BCUT2D eigenvalue weighted by Crippen LogP contribution is -1.87. The Morgan fingerprint density at radius 3 is 1.31 bits per heavy atom. The Hall–Kier alpha value is 0.280. The van der Waals surface area contributed by atoms with Crippen molar-refractivity contribution in [3.05, 3.63) is 15.9 Å². The number of halogens is 4. The van der Waals surface area contributed by atoms with E-state index in [0.717, 1.165) is 0 Å². The van der Waals surface area contributed by atoms with Crippen molar-refractivity contribution in [3.63, 3.8) is 0 Å². The predicted molar refractivity (Wildman–Crippen MR) is 49.6 cm³/mol. The minimum atomic E-state index is -2.39. The molecule has 1 atom stereocenters. The average molecular weight is 284 g/mol. The third-order valence-corrected chi connectivity index (χ3v) is 1.06. The molecule has 0 spiro atoms. The van der Waals surface area contributed by atoms with Crippen molar-refractivity contribution in [3.8, 4) is 0 Å². The van der Waals surface area contributed by atoms with Gasteiger partial charge in [-0.25, -0.2) is 0 Å². The zero-order valence-electron chi connectivity index (χ0n) is 5.58. The minimum absolute atomic E-state index is 0.000000000000000444. The van der Waals surface area contributed by atoms with Crippen LogP contribution >= 0.6 is 45.5 Å². The molecule has 10 heteroatoms. The Balaban J connectivity index is 0.000000310. The quantitative estimate of drug-likeness (QED) is 0.536. The van der Waals surface area contributed by atoms with E-state index < -0.39 is 10.3 Å². The molecule has 0 aliphatic carbocycles. The van der Waals surface area contributed by atoms with Gasteiger partial charge in [0.2, 0.25) is 15.9 Å². The number of hydrogen-bond acceptors (Lipinski definition) is 5. The Bertz CT molecular complexity index is 256. The zero-order valence-corrected chi connectivity index (χ0v) is 9.42. The van der Waals surface area contributed by atoms with E-state index in [1.165, 1.54) is 0 Å². The standard InChI is InChI=1S/C3Cl3N3.ClHO2S/c4-1-7-2(5)9-3(6)8-1;1-4(2)3/h;(H,2,3)/p-1. The van der Waals surface area contributed by atoms with Gasteiger partial charge in [-0.1, -0.05) is 0 Å². The van der Waals surface area contributed by atoms with E-state index in [0.29, 0.717) is 0 Å². The molecule has 0 aliphatic rings. The lowest BCUT2D eigenvalue weighted by atomic mass is 11.1. The van der Waals surface area contributed by atoms with Crippen molar-refractivity contribution < 1.29 is 8.76 Å². The van der Waals surface area contributed by atoms with Crippen molar-refractivity contribution in [1.82, 2.24) is 15.0 Å². The molecule has 0 aliphatic heterocycles. The Morgan fingerprint density at radius 1 is 1.00 bits per heavy atom. The van der Waals surface area contributed by atoms with E-state index in [-0.39, 0.29) is 15.9 Å². The van der Waals surface area contributed by atoms with Crippen LogP contribution in [0.2, 0.25) is 15.9 Å². The minimum Gasteiger partial charge on any atom is -0.760 e. The first-order chi connectivity index (χ1) is 5.91. The maximum atomic E-state index is 8.77. The van der Waals surface area contributed by atoms with Crippen LogP contribution in [0.25, 0.3) is 0 Å². The molecule has 0 aromatic carbocycles. The van der Waals surface area contributed by atoms with E-state index in [1.807, 2.05) is 0 Å². The second kappa shape index (κ2) is 6.69. The van der Waals surface area contributed by atoms with Gasteiger partial charge in [-0.3, -0.25) is 4.21 Å². The van der Waals surface area contributed by atoms with Crippen molar-refractivity contribution in [2.24, 2.45) is 0 Å². The molecule has 0 amide bonds. The van der Waals surface area contributed by atoms with Gasteiger partial charge in [0.1, 0.15) is 0 Å². The SMILES string of the molecule is Clc1nc(Cl)nc(Cl)n1.O=S([O-])Cl. The monoisotopic (exact) mass is 282 g/mol. The molecule has 13 heavy (non-hydrogen) atoms. The normalized spacial score (nSPS) is 11.5. The molecule has 74 valence electrons. The summed E-state index contributed by atoms with van der Waals surface area (Å²) in [5, 5.41) is 0.00000000000000178. The maximum absolute atomic E-state index is 8.77. The molecule has 1 aromatic heterocycles. The van der Waals surface area contributed by atoms with E-state index >= 15 is 0 Å². The average Bonchev–Trinajstić information content (AvgIpc) is 1.80. The third kappa shape index (κ3) is 8.61. The van der Waals surface area contributed by atoms with Gasteiger partial charge in [0.05, 0.1) is 0 Å². The maximum Gasteiger partial charge on any atom is 0.227 e. The number of rotatable bonds is 0. The van der Waals surface area contributed by atoms with Crippen LogP contribution in [0.4, 0.5) is 0 Å². The van der Waals surface area contributed by atoms with Crippen LogP contribution < -0.4 is 0 Å². The molecule has 0 radical (unpaired) electrons. The summed E-state index contributed by atoms with van der Waals surface area (Å²) < 4.78 is 17.5. The molecule has 0 saturated carbocycles. The van der Waals surface area contributed by atoms with Crippen LogP contribution in [0.15, 0.2) is 0 Å². The van der Waals surface area contributed by atoms with Gasteiger partial charge in [0.15, 0.2) is 0 Å². The Morgan fingerprint density at radius 2 is 1.15 bits per heavy atom. The summed E-state index contributed by atoms with van der Waals surface area (Å²) in [6.45, 7) is 0. The molecule has 0 N–H and O–H groups in total. The van der Waals surface area contributed by atoms with Gasteiger partial charge in [-0.05, 0) is 45.5 Å². The van der Waals surface area contributed by atoms with Gasteiger partial charge < -0.3 is 4.55 Å². The first kappa shape index (κ1) is 13.3. The van der Waals surface area contributed by atoms with Crippen LogP contribution in [-0.4, -0.2) is 23.7 Å². The number of aromatic nitrogens is 3. The second-order valence-corrected chi connectivity index (χ2v) is 3.49. The van der Waals surface area contributed by atoms with Crippen LogP contribution in [0.3, 0.4) is 0 Å². The fourth-order valence-electron chi connectivity index (χ4n) is 0.303. The fourth-order valence-corrected chi connectivity index (χ4v) is 0.913. The second-order valence-electron chi connectivity index (χ2n) is 1.34. The summed E-state index contributed by atoms with van der Waals surface area (Å²) >= 11 is 16.0. The molecule has 0 bridgehead atoms. The third-order valence-electron chi connectivity index (χ3n) is 0.554. The summed E-state index contributed by atoms with van der Waals surface area (Å²) in [7, 11) is 1.80. The topological polar surface area (TPSA) is 78.8 Å². The van der Waals surface area contributed by atoms with E-state index in [1.54, 1.807) is 0 Å². The van der Waals surface area contributed by atoms with E-state index in [9.17, 15) is 0 Å². The summed E-state index contributed by atoms with van der Waals surface area (Å²) in [4.78, 5) is 10.4. The van der Waals surface area contributed by atoms with Crippen LogP contribution in [0.1, 0.15) is 0 Å². The molecule has 1 rings (SSSR count). The molecular formula is C3Cl4N3O2S-. The smallest absolute Gasteiger partial charge is 0.227 e. The van der Waals surface area contributed by atoms with Crippen molar-refractivity contribution >= 4 is 55.8 Å². The molecule has 1 aromatic rings. The lowest BCUT2D eigenvalue weighted by Gasteiger charge is -1.88. The molecule has 1 unspecified atom stereocenters. The van der Waals surface area contributed by atoms with Crippen LogP contribution in [-0.2, 0) is 10.3 Å². The summed E-state index contributed by atoms with van der Waals surface area (Å²) in [6.07, 6.45) is 0. The summed E-state index contributed by atoms with van der Waals surface area (Å²) in [5.41, 5.74) is 0. The van der Waals surface area contributed by atoms with Crippen LogP contribution in [0.5, 0.6) is 0 Å². The Labute approximate surface area is 95.2 Å². The molecule has 5 nitrogen and oxygen atoms in total. The molecule has 0 saturated heterocycles. The zero-order chi connectivity index (χ0) is 10.4. The van der Waals surface area contributed by atoms with E-state index in [2.05, 4.69) is 25.6 Å². The van der Waals surface area contributed by atoms with Gasteiger partial charge >= 0.3 is 0 Å². The number of nitrogens with zero attached hydrogens (tertiary/aromatic N) is 3. The highest BCUT2D eigenvalue weighted by molar-refractivity contribution is 8.03. The van der Waals surface area contributed by atoms with Gasteiger partial charge in [0.25, 0.3) is 0 Å². The van der Waals surface area contributed by atoms with Crippen molar-refractivity contribution in [2.75, 3.05) is 0 Å². The summed E-state index contributed by atoms with van der Waals surface area (Å²) in [5.74, 6) is 0. The lowest BCUT2D eigenvalue weighted by molar-refractivity contribution is 0.552. The highest BCUT2D eigenvalue weighted by atomic mass is 35.7. The highest BCUT2D eigenvalue weighted by Gasteiger charge is 1.97. The highest BCUT2D eigenvalue weighted by Crippen LogP contribution is 2.08. The molecule has 1 heterocycles. The van der Waals surface area contributed by atoms with Crippen molar-refractivity contribution in [1.29, 1.82) is 0 Å². The predicted octanol–water partition coefficient (Wildman–Crippen LogP) is 1.85. The largest absolute Gasteiger partial charge is 0.760 e. The van der Waals surface area contributed by atoms with Gasteiger partial charge in [-0.2, -0.15) is 15.0 Å². The van der Waals surface area contributed by atoms with Gasteiger partial charge in [-0.15, -0.1) is 0 Å². The first-order valence-corrected chi connectivity index (χ1v) is 5.43. The van der Waals surface area contributed by atoms with Crippen LogP contribution in [0, 0.1) is 0 Å². The summed E-state index contributed by atoms with van der Waals surface area (Å²) in [6, 6.07) is 0. The number of hydrogen-bond donors (Lipinski definition) is 0. The van der Waals surface area contributed by atoms with Crippen molar-refractivity contribution in [2.45, 2.75) is 0 Å². The fraction of sp³-hybridized carbons (Fsp3) is 0. The van der Waals surface area contributed by atoms with Gasteiger partial charge in [0, 0.05) is 10.3 Å². The first-order valence-electron chi connectivity index (χ1n) is 2.40. The van der Waals surface area contributed by atoms with E-state index in [4.69, 9.17) is 43.6 Å². The molecule has 0 fully saturated rings.